The van der Waals surface area contributed by atoms with Gasteiger partial charge in [0.05, 0.1) is 6.04 Å². The third kappa shape index (κ3) is 4.95. The van der Waals surface area contributed by atoms with Crippen LogP contribution < -0.4 is 5.73 Å². The van der Waals surface area contributed by atoms with Gasteiger partial charge in [0.2, 0.25) is 0 Å². The zero-order chi connectivity index (χ0) is 18.1. The van der Waals surface area contributed by atoms with Crippen LogP contribution in [0.4, 0.5) is 0 Å². The van der Waals surface area contributed by atoms with Crippen molar-refractivity contribution in [3.8, 4) is 0 Å². The summed E-state index contributed by atoms with van der Waals surface area (Å²) in [7, 11) is 0. The van der Waals surface area contributed by atoms with Gasteiger partial charge in [0.1, 0.15) is 0 Å². The summed E-state index contributed by atoms with van der Waals surface area (Å²) >= 11 is 0. The van der Waals surface area contributed by atoms with E-state index < -0.39 is 0 Å². The molecule has 2 N–H and O–H groups in total. The predicted octanol–water partition coefficient (Wildman–Crippen LogP) is 6.22. The molecular formula is C22H32N2. The van der Waals surface area contributed by atoms with Gasteiger partial charge in [-0.25, -0.2) is 0 Å². The van der Waals surface area contributed by atoms with Gasteiger partial charge in [-0.05, 0) is 68.9 Å². The average Bonchev–Trinajstić information content (AvgIpc) is 2.60. The first-order chi connectivity index (χ1) is 11.5. The molecule has 0 heterocycles. The number of rotatable bonds is 7. The van der Waals surface area contributed by atoms with E-state index in [1.807, 2.05) is 13.8 Å². The van der Waals surface area contributed by atoms with E-state index in [9.17, 15) is 0 Å². The fourth-order valence-electron chi connectivity index (χ4n) is 3.02. The van der Waals surface area contributed by atoms with Crippen molar-refractivity contribution in [1.29, 1.82) is 0 Å². The molecule has 0 saturated carbocycles. The molecule has 130 valence electrons. The molecule has 1 unspecified atom stereocenters. The Hall–Kier alpha value is -2.09. The summed E-state index contributed by atoms with van der Waals surface area (Å²) in [6.45, 7) is 12.7. The van der Waals surface area contributed by atoms with E-state index >= 15 is 0 Å². The minimum atomic E-state index is 0.102. The van der Waals surface area contributed by atoms with Crippen LogP contribution in [0, 0.1) is 0 Å². The van der Waals surface area contributed by atoms with Gasteiger partial charge in [0.15, 0.2) is 0 Å². The molecule has 0 fully saturated rings. The van der Waals surface area contributed by atoms with E-state index in [4.69, 9.17) is 10.7 Å². The molecule has 0 saturated heterocycles. The molecule has 0 aromatic heterocycles. The Balaban J connectivity index is 3.14. The average molecular weight is 325 g/mol. The summed E-state index contributed by atoms with van der Waals surface area (Å²) in [6, 6.07) is 8.79. The quantitative estimate of drug-likeness (QED) is 0.469. The molecule has 1 atom stereocenters. The summed E-state index contributed by atoms with van der Waals surface area (Å²) in [5.74, 6) is 0. The summed E-state index contributed by atoms with van der Waals surface area (Å²) in [6.07, 6.45) is 7.97. The van der Waals surface area contributed by atoms with Gasteiger partial charge in [-0.1, -0.05) is 44.2 Å². The molecule has 1 rings (SSSR count). The van der Waals surface area contributed by atoms with Crippen LogP contribution in [0.1, 0.15) is 71.6 Å². The number of nitrogens with two attached hydrogens (primary N) is 1. The fraction of sp³-hybridized carbons (Fsp3) is 0.409. The molecule has 1 aromatic carbocycles. The van der Waals surface area contributed by atoms with Gasteiger partial charge >= 0.3 is 0 Å². The lowest BCUT2D eigenvalue weighted by Gasteiger charge is -2.14. The fourth-order valence-corrected chi connectivity index (χ4v) is 3.02. The lowest BCUT2D eigenvalue weighted by Crippen LogP contribution is -2.06. The van der Waals surface area contributed by atoms with Crippen molar-refractivity contribution in [2.24, 2.45) is 10.7 Å². The first-order valence-electron chi connectivity index (χ1n) is 8.89. The molecule has 0 spiro atoms. The van der Waals surface area contributed by atoms with Crippen LogP contribution in [0.2, 0.25) is 0 Å². The normalized spacial score (nSPS) is 15.6. The molecule has 0 bridgehead atoms. The minimum Gasteiger partial charge on any atom is -0.404 e. The van der Waals surface area contributed by atoms with Gasteiger partial charge in [-0.3, -0.25) is 4.99 Å². The zero-order valence-corrected chi connectivity index (χ0v) is 16.1. The highest BCUT2D eigenvalue weighted by Gasteiger charge is 2.10. The van der Waals surface area contributed by atoms with E-state index in [1.165, 1.54) is 22.3 Å². The first-order valence-corrected chi connectivity index (χ1v) is 8.89. The van der Waals surface area contributed by atoms with Gasteiger partial charge in [-0.2, -0.15) is 0 Å². The lowest BCUT2D eigenvalue weighted by molar-refractivity contribution is 0.818. The Kier molecular flexibility index (Phi) is 8.25. The number of nitrogens with zero attached hydrogens (tertiary/aromatic N) is 1. The number of hydrogen-bond donors (Lipinski definition) is 1. The Bertz CT molecular complexity index is 660. The smallest absolute Gasteiger partial charge is 0.0724 e. The number of allylic oxidation sites excluding steroid dienone is 5. The van der Waals surface area contributed by atoms with Crippen molar-refractivity contribution in [3.63, 3.8) is 0 Å². The van der Waals surface area contributed by atoms with Crippen LogP contribution >= 0.6 is 0 Å². The van der Waals surface area contributed by atoms with Crippen molar-refractivity contribution < 1.29 is 0 Å². The van der Waals surface area contributed by atoms with E-state index in [0.29, 0.717) is 0 Å². The standard InChI is InChI=1S/C22H32N2/c1-7-18(8-2)21-13-11-12-20(14-21)16(5)24-17(6)22(15-23)19(9-3)10-4/h7,9,11-16H,8,10,23H2,1-6H3/b18-7+,19-9+,22-15+,24-17?. The van der Waals surface area contributed by atoms with Crippen LogP contribution in [-0.4, -0.2) is 5.71 Å². The third-order valence-corrected chi connectivity index (χ3v) is 4.49. The van der Waals surface area contributed by atoms with Gasteiger partial charge in [0, 0.05) is 17.5 Å². The summed E-state index contributed by atoms with van der Waals surface area (Å²) in [5, 5.41) is 0. The minimum absolute atomic E-state index is 0.102. The molecule has 24 heavy (non-hydrogen) atoms. The van der Waals surface area contributed by atoms with Crippen LogP contribution in [0.25, 0.3) is 5.57 Å². The van der Waals surface area contributed by atoms with Gasteiger partial charge in [-0.15, -0.1) is 0 Å². The zero-order valence-electron chi connectivity index (χ0n) is 16.1. The summed E-state index contributed by atoms with van der Waals surface area (Å²) < 4.78 is 0. The second kappa shape index (κ2) is 9.92. The number of hydrogen-bond acceptors (Lipinski definition) is 2. The molecule has 0 aliphatic heterocycles. The third-order valence-electron chi connectivity index (χ3n) is 4.49. The SMILES string of the molecule is C/C=C(CC)/C(=C/N)C(C)=NC(C)c1cccc(/C(=C/C)CC)c1. The Morgan fingerprint density at radius 1 is 1.17 bits per heavy atom. The maximum Gasteiger partial charge on any atom is 0.0724 e. The van der Waals surface area contributed by atoms with Crippen molar-refractivity contribution in [3.05, 3.63) is 64.9 Å². The molecule has 0 radical (unpaired) electrons. The van der Waals surface area contributed by atoms with E-state index in [0.717, 1.165) is 24.1 Å². The second-order valence-corrected chi connectivity index (χ2v) is 5.93. The van der Waals surface area contributed by atoms with Crippen molar-refractivity contribution >= 4 is 11.3 Å². The highest BCUT2D eigenvalue weighted by Crippen LogP contribution is 2.25. The van der Waals surface area contributed by atoms with E-state index in [-0.39, 0.29) is 6.04 Å². The monoisotopic (exact) mass is 324 g/mol. The largest absolute Gasteiger partial charge is 0.404 e. The Labute approximate surface area is 147 Å². The van der Waals surface area contributed by atoms with Crippen molar-refractivity contribution in [2.45, 2.75) is 60.4 Å². The maximum absolute atomic E-state index is 5.85. The number of benzene rings is 1. The van der Waals surface area contributed by atoms with Gasteiger partial charge in [0.25, 0.3) is 0 Å². The van der Waals surface area contributed by atoms with Crippen molar-refractivity contribution in [1.82, 2.24) is 0 Å². The van der Waals surface area contributed by atoms with E-state index in [2.05, 4.69) is 64.1 Å². The Morgan fingerprint density at radius 2 is 1.88 bits per heavy atom. The van der Waals surface area contributed by atoms with Crippen LogP contribution in [-0.2, 0) is 0 Å². The Morgan fingerprint density at radius 3 is 2.38 bits per heavy atom. The lowest BCUT2D eigenvalue weighted by atomic mass is 9.97. The topological polar surface area (TPSA) is 38.4 Å². The summed E-state index contributed by atoms with van der Waals surface area (Å²) in [5.41, 5.74) is 13.0. The number of aliphatic imine (C=N–C) groups is 1. The van der Waals surface area contributed by atoms with Crippen LogP contribution in [0.3, 0.4) is 0 Å². The van der Waals surface area contributed by atoms with Crippen LogP contribution in [0.5, 0.6) is 0 Å². The predicted molar refractivity (Wildman–Crippen MR) is 108 cm³/mol. The second-order valence-electron chi connectivity index (χ2n) is 5.93. The maximum atomic E-state index is 5.85. The molecule has 0 amide bonds. The molecule has 1 aromatic rings. The molecule has 2 nitrogen and oxygen atoms in total. The highest BCUT2D eigenvalue weighted by molar-refractivity contribution is 6.02. The van der Waals surface area contributed by atoms with Crippen LogP contribution in [0.15, 0.2) is 58.8 Å². The first kappa shape index (κ1) is 20.0. The molecule has 0 aliphatic carbocycles. The van der Waals surface area contributed by atoms with Crippen molar-refractivity contribution in [2.75, 3.05) is 0 Å². The molecular weight excluding hydrogens is 292 g/mol. The molecule has 2 heteroatoms. The van der Waals surface area contributed by atoms with Gasteiger partial charge < -0.3 is 5.73 Å². The highest BCUT2D eigenvalue weighted by atomic mass is 14.8. The molecule has 0 aliphatic rings. The summed E-state index contributed by atoms with van der Waals surface area (Å²) in [4.78, 5) is 4.90. The van der Waals surface area contributed by atoms with E-state index in [1.54, 1.807) is 6.20 Å².